The summed E-state index contributed by atoms with van der Waals surface area (Å²) in [6, 6.07) is 12.6. The van der Waals surface area contributed by atoms with Crippen LogP contribution in [0.2, 0.25) is 0 Å². The minimum atomic E-state index is -0.352. The summed E-state index contributed by atoms with van der Waals surface area (Å²) in [5.74, 6) is -0.571. The number of nitrogens with zero attached hydrogens (tertiary/aromatic N) is 2. The maximum Gasteiger partial charge on any atom is 0.123 e. The van der Waals surface area contributed by atoms with Crippen LogP contribution in [0, 0.1) is 11.6 Å². The van der Waals surface area contributed by atoms with E-state index in [0.29, 0.717) is 6.61 Å². The molecule has 0 spiro atoms. The summed E-state index contributed by atoms with van der Waals surface area (Å²) in [6.45, 7) is 14.2. The molecule has 1 aliphatic rings. The van der Waals surface area contributed by atoms with E-state index in [9.17, 15) is 8.78 Å². The molecule has 1 heterocycles. The fourth-order valence-corrected chi connectivity index (χ4v) is 4.11. The fraction of sp³-hybridized carbons (Fsp3) is 0.357. The first-order valence-corrected chi connectivity index (χ1v) is 11.6. The number of ether oxygens (including phenoxy) is 1. The van der Waals surface area contributed by atoms with Crippen molar-refractivity contribution < 1.29 is 13.5 Å². The maximum absolute atomic E-state index is 13.4. The molecular formula is C28H34F2N2O. The maximum atomic E-state index is 13.4. The number of rotatable bonds is 12. The predicted molar refractivity (Wildman–Crippen MR) is 131 cm³/mol. The number of hydrogen-bond acceptors (Lipinski definition) is 3. The lowest BCUT2D eigenvalue weighted by molar-refractivity contribution is 0.0451. The van der Waals surface area contributed by atoms with Gasteiger partial charge < -0.3 is 9.64 Å². The summed E-state index contributed by atoms with van der Waals surface area (Å²) in [6.07, 6.45) is 7.54. The van der Waals surface area contributed by atoms with Gasteiger partial charge in [0.15, 0.2) is 0 Å². The monoisotopic (exact) mass is 452 g/mol. The van der Waals surface area contributed by atoms with E-state index >= 15 is 0 Å². The Morgan fingerprint density at radius 3 is 1.85 bits per heavy atom. The van der Waals surface area contributed by atoms with Crippen molar-refractivity contribution in [1.82, 2.24) is 9.80 Å². The summed E-state index contributed by atoms with van der Waals surface area (Å²) in [4.78, 5) is 4.92. The first kappa shape index (κ1) is 25.0. The summed E-state index contributed by atoms with van der Waals surface area (Å²) >= 11 is 0. The van der Waals surface area contributed by atoms with Gasteiger partial charge in [-0.3, -0.25) is 4.90 Å². The highest BCUT2D eigenvalue weighted by Crippen LogP contribution is 2.26. The van der Waals surface area contributed by atoms with Gasteiger partial charge in [-0.25, -0.2) is 8.78 Å². The molecule has 3 rings (SSSR count). The Morgan fingerprint density at radius 1 is 0.848 bits per heavy atom. The lowest BCUT2D eigenvalue weighted by Crippen LogP contribution is -2.47. The lowest BCUT2D eigenvalue weighted by Gasteiger charge is -2.35. The molecule has 0 radical (unpaired) electrons. The van der Waals surface area contributed by atoms with Crippen LogP contribution in [0.25, 0.3) is 0 Å². The standard InChI is InChI=1S/C28H34F2N2O/c1-3-6-23(4-2)7-5-16-31-17-19-32(20-18-31)21-22-33-28(24-8-12-26(29)13-9-24)25-10-14-27(30)15-11-25/h3-4,6,8-15,28H,1-2,5,7,16-22H2/b23-6+. The van der Waals surface area contributed by atoms with Crippen molar-refractivity contribution in [3.8, 4) is 0 Å². The van der Waals surface area contributed by atoms with Crippen LogP contribution >= 0.6 is 0 Å². The SMILES string of the molecule is C=C/C=C(\C=C)CCCN1CCN(CCOC(c2ccc(F)cc2)c2ccc(F)cc2)CC1. The topological polar surface area (TPSA) is 15.7 Å². The number of piperazine rings is 1. The minimum absolute atomic E-state index is 0.285. The number of hydrogen-bond donors (Lipinski definition) is 0. The third kappa shape index (κ3) is 8.04. The Labute approximate surface area is 196 Å². The highest BCUT2D eigenvalue weighted by atomic mass is 19.1. The Morgan fingerprint density at radius 2 is 1.36 bits per heavy atom. The van der Waals surface area contributed by atoms with Crippen molar-refractivity contribution in [3.63, 3.8) is 0 Å². The van der Waals surface area contributed by atoms with E-state index in [-0.39, 0.29) is 17.7 Å². The van der Waals surface area contributed by atoms with Gasteiger partial charge in [0.1, 0.15) is 17.7 Å². The van der Waals surface area contributed by atoms with Crippen molar-refractivity contribution in [3.05, 3.63) is 108 Å². The summed E-state index contributed by atoms with van der Waals surface area (Å²) < 4.78 is 33.0. The predicted octanol–water partition coefficient (Wildman–Crippen LogP) is 5.77. The zero-order valence-corrected chi connectivity index (χ0v) is 19.3. The fourth-order valence-electron chi connectivity index (χ4n) is 4.11. The quantitative estimate of drug-likeness (QED) is 0.381. The van der Waals surface area contributed by atoms with Crippen molar-refractivity contribution in [2.45, 2.75) is 18.9 Å². The van der Waals surface area contributed by atoms with Gasteiger partial charge in [0.25, 0.3) is 0 Å². The summed E-state index contributed by atoms with van der Waals surface area (Å²) in [7, 11) is 0. The minimum Gasteiger partial charge on any atom is -0.367 e. The number of benzene rings is 2. The van der Waals surface area contributed by atoms with Crippen LogP contribution in [0.5, 0.6) is 0 Å². The van der Waals surface area contributed by atoms with Crippen LogP contribution in [0.15, 0.2) is 85.5 Å². The largest absolute Gasteiger partial charge is 0.367 e. The van der Waals surface area contributed by atoms with Gasteiger partial charge in [0.05, 0.1) is 6.61 Å². The number of allylic oxidation sites excluding steroid dienone is 4. The summed E-state index contributed by atoms with van der Waals surface area (Å²) in [5, 5.41) is 0. The molecule has 0 amide bonds. The van der Waals surface area contributed by atoms with E-state index in [1.807, 2.05) is 18.2 Å². The highest BCUT2D eigenvalue weighted by Gasteiger charge is 2.19. The molecule has 1 aliphatic heterocycles. The van der Waals surface area contributed by atoms with Crippen LogP contribution in [0.1, 0.15) is 30.1 Å². The van der Waals surface area contributed by atoms with Crippen LogP contribution in [0.4, 0.5) is 8.78 Å². The average Bonchev–Trinajstić information content (AvgIpc) is 2.84. The Kier molecular flexibility index (Phi) is 10.0. The average molecular weight is 453 g/mol. The van der Waals surface area contributed by atoms with Gasteiger partial charge in [0.2, 0.25) is 0 Å². The third-order valence-corrected chi connectivity index (χ3v) is 6.04. The molecule has 1 saturated heterocycles. The van der Waals surface area contributed by atoms with Gasteiger partial charge in [-0.2, -0.15) is 0 Å². The molecule has 2 aromatic rings. The second-order valence-corrected chi connectivity index (χ2v) is 8.32. The van der Waals surface area contributed by atoms with E-state index in [4.69, 9.17) is 4.74 Å². The molecule has 3 nitrogen and oxygen atoms in total. The van der Waals surface area contributed by atoms with E-state index in [2.05, 4.69) is 23.0 Å². The van der Waals surface area contributed by atoms with Gasteiger partial charge in [-0.15, -0.1) is 0 Å². The zero-order valence-electron chi connectivity index (χ0n) is 19.3. The van der Waals surface area contributed by atoms with Gasteiger partial charge in [-0.05, 0) is 60.4 Å². The molecule has 0 unspecified atom stereocenters. The first-order chi connectivity index (χ1) is 16.1. The molecule has 0 aromatic heterocycles. The van der Waals surface area contributed by atoms with Crippen LogP contribution < -0.4 is 0 Å². The van der Waals surface area contributed by atoms with Gasteiger partial charge in [0, 0.05) is 32.7 Å². The van der Waals surface area contributed by atoms with Crippen molar-refractivity contribution in [1.29, 1.82) is 0 Å². The Bertz CT molecular complexity index is 855. The summed E-state index contributed by atoms with van der Waals surface area (Å²) in [5.41, 5.74) is 2.95. The molecule has 0 atom stereocenters. The molecule has 1 fully saturated rings. The van der Waals surface area contributed by atoms with Crippen LogP contribution in [-0.2, 0) is 4.74 Å². The molecule has 0 aliphatic carbocycles. The molecule has 0 bridgehead atoms. The molecule has 5 heteroatoms. The van der Waals surface area contributed by atoms with Crippen LogP contribution in [0.3, 0.4) is 0 Å². The van der Waals surface area contributed by atoms with E-state index in [1.54, 1.807) is 24.3 Å². The Balaban J connectivity index is 1.45. The smallest absolute Gasteiger partial charge is 0.123 e. The van der Waals surface area contributed by atoms with E-state index < -0.39 is 0 Å². The second kappa shape index (κ2) is 13.2. The van der Waals surface area contributed by atoms with E-state index in [1.165, 1.54) is 29.8 Å². The molecule has 0 saturated carbocycles. The van der Waals surface area contributed by atoms with Gasteiger partial charge in [-0.1, -0.05) is 55.7 Å². The number of halogens is 2. The normalized spacial score (nSPS) is 15.7. The molecule has 176 valence electrons. The van der Waals surface area contributed by atoms with Gasteiger partial charge >= 0.3 is 0 Å². The highest BCUT2D eigenvalue weighted by molar-refractivity contribution is 5.30. The molecular weight excluding hydrogens is 418 g/mol. The van der Waals surface area contributed by atoms with E-state index in [0.717, 1.165) is 63.2 Å². The van der Waals surface area contributed by atoms with Crippen molar-refractivity contribution in [2.24, 2.45) is 0 Å². The van der Waals surface area contributed by atoms with Crippen molar-refractivity contribution in [2.75, 3.05) is 45.9 Å². The Hall–Kier alpha value is -2.60. The first-order valence-electron chi connectivity index (χ1n) is 11.6. The zero-order chi connectivity index (χ0) is 23.5. The molecule has 33 heavy (non-hydrogen) atoms. The lowest BCUT2D eigenvalue weighted by atomic mass is 10.0. The molecule has 0 N–H and O–H groups in total. The van der Waals surface area contributed by atoms with Crippen LogP contribution in [-0.4, -0.2) is 55.7 Å². The second-order valence-electron chi connectivity index (χ2n) is 8.32. The molecule has 2 aromatic carbocycles. The van der Waals surface area contributed by atoms with Crippen molar-refractivity contribution >= 4 is 0 Å². The third-order valence-electron chi connectivity index (χ3n) is 6.04.